The number of hydrogen-bond donors (Lipinski definition) is 0. The minimum absolute atomic E-state index is 0.157. The first-order chi connectivity index (χ1) is 18.0. The third-order valence-electron chi connectivity index (χ3n) is 7.20. The van der Waals surface area contributed by atoms with Crippen LogP contribution in [0.1, 0.15) is 36.5 Å². The average Bonchev–Trinajstić information content (AvgIpc) is 3.18. The van der Waals surface area contributed by atoms with E-state index in [-0.39, 0.29) is 35.6 Å². The molecule has 0 radical (unpaired) electrons. The molecule has 2 aliphatic heterocycles. The van der Waals surface area contributed by atoms with Gasteiger partial charge in [0.05, 0.1) is 17.9 Å². The van der Waals surface area contributed by atoms with Gasteiger partial charge >= 0.3 is 5.97 Å². The highest BCUT2D eigenvalue weighted by molar-refractivity contribution is 6.22. The number of nitrogens with zero attached hydrogens (tertiary/aromatic N) is 2. The van der Waals surface area contributed by atoms with E-state index in [0.717, 1.165) is 53.9 Å². The second kappa shape index (κ2) is 11.1. The lowest BCUT2D eigenvalue weighted by atomic mass is 9.99. The fourth-order valence-corrected chi connectivity index (χ4v) is 5.25. The van der Waals surface area contributed by atoms with Crippen LogP contribution in [0.5, 0.6) is 5.75 Å². The molecule has 5 rings (SSSR count). The van der Waals surface area contributed by atoms with Crippen LogP contribution in [0, 0.1) is 11.8 Å². The van der Waals surface area contributed by atoms with E-state index in [1.807, 2.05) is 24.3 Å². The summed E-state index contributed by atoms with van der Waals surface area (Å²) in [6.45, 7) is 5.23. The molecule has 7 heteroatoms. The number of carbonyl (C=O) groups is 3. The second-order valence-electron chi connectivity index (χ2n) is 9.92. The Kier molecular flexibility index (Phi) is 7.51. The van der Waals surface area contributed by atoms with Crippen molar-refractivity contribution >= 4 is 34.2 Å². The van der Waals surface area contributed by atoms with Gasteiger partial charge in [0, 0.05) is 36.7 Å². The number of carbonyl (C=O) groups excluding carboxylic acids is 3. The Morgan fingerprint density at radius 2 is 1.78 bits per heavy atom. The molecule has 0 saturated carbocycles. The summed E-state index contributed by atoms with van der Waals surface area (Å²) < 4.78 is 11.8. The van der Waals surface area contributed by atoms with Crippen LogP contribution in [0.15, 0.2) is 66.7 Å². The molecule has 2 saturated heterocycles. The average molecular weight is 501 g/mol. The molecule has 37 heavy (non-hydrogen) atoms. The zero-order valence-corrected chi connectivity index (χ0v) is 21.1. The maximum Gasteiger partial charge on any atom is 0.340 e. The normalized spacial score (nSPS) is 20.4. The SMILES string of the molecule is CC1CC(=O)N(c2ccccc2C(=O)OCC2CCCN(CCOc3cccc4ccccc34)C2)C1=O. The Labute approximate surface area is 216 Å². The van der Waals surface area contributed by atoms with E-state index in [1.165, 1.54) is 0 Å². The largest absolute Gasteiger partial charge is 0.492 e. The summed E-state index contributed by atoms with van der Waals surface area (Å²) in [5.74, 6) is -0.340. The quantitative estimate of drug-likeness (QED) is 0.330. The molecule has 0 spiro atoms. The topological polar surface area (TPSA) is 76.2 Å². The van der Waals surface area contributed by atoms with E-state index < -0.39 is 5.97 Å². The smallest absolute Gasteiger partial charge is 0.340 e. The number of anilines is 1. The van der Waals surface area contributed by atoms with Gasteiger partial charge in [-0.15, -0.1) is 0 Å². The predicted octanol–water partition coefficient (Wildman–Crippen LogP) is 4.69. The highest BCUT2D eigenvalue weighted by Crippen LogP contribution is 2.30. The van der Waals surface area contributed by atoms with Crippen molar-refractivity contribution in [1.29, 1.82) is 0 Å². The van der Waals surface area contributed by atoms with Crippen molar-refractivity contribution in [3.05, 3.63) is 72.3 Å². The standard InChI is InChI=1S/C30H32N2O5/c1-21-18-28(33)32(29(21)34)26-13-5-4-12-25(26)30(35)37-20-22-8-7-15-31(19-22)16-17-36-27-14-6-10-23-9-2-3-11-24(23)27/h2-6,9-14,21-22H,7-8,15-20H2,1H3. The molecule has 2 amide bonds. The third-order valence-corrected chi connectivity index (χ3v) is 7.20. The van der Waals surface area contributed by atoms with Crippen LogP contribution < -0.4 is 9.64 Å². The molecule has 7 nitrogen and oxygen atoms in total. The molecule has 192 valence electrons. The number of likely N-dealkylation sites (tertiary alicyclic amines) is 1. The third kappa shape index (κ3) is 5.52. The van der Waals surface area contributed by atoms with Gasteiger partial charge in [0.2, 0.25) is 11.8 Å². The van der Waals surface area contributed by atoms with Crippen LogP contribution in [0.4, 0.5) is 5.69 Å². The maximum atomic E-state index is 13.0. The van der Waals surface area contributed by atoms with Crippen LogP contribution in [-0.2, 0) is 14.3 Å². The molecule has 0 aliphatic carbocycles. The van der Waals surface area contributed by atoms with Crippen molar-refractivity contribution in [3.8, 4) is 5.75 Å². The Balaban J connectivity index is 1.14. The summed E-state index contributed by atoms with van der Waals surface area (Å²) in [6, 6.07) is 21.0. The second-order valence-corrected chi connectivity index (χ2v) is 9.92. The van der Waals surface area contributed by atoms with E-state index in [2.05, 4.69) is 23.1 Å². The lowest BCUT2D eigenvalue weighted by molar-refractivity contribution is -0.122. The molecule has 2 unspecified atom stereocenters. The molecule has 2 aliphatic rings. The number of esters is 1. The Morgan fingerprint density at radius 1 is 1.00 bits per heavy atom. The number of imide groups is 1. The molecule has 3 aromatic rings. The minimum atomic E-state index is -0.507. The monoisotopic (exact) mass is 500 g/mol. The molecule has 0 N–H and O–H groups in total. The fourth-order valence-electron chi connectivity index (χ4n) is 5.25. The van der Waals surface area contributed by atoms with Gasteiger partial charge < -0.3 is 9.47 Å². The van der Waals surface area contributed by atoms with Crippen molar-refractivity contribution in [2.45, 2.75) is 26.2 Å². The van der Waals surface area contributed by atoms with Crippen molar-refractivity contribution in [2.75, 3.05) is 37.7 Å². The van der Waals surface area contributed by atoms with Gasteiger partial charge in [-0.3, -0.25) is 14.5 Å². The number of benzene rings is 3. The van der Waals surface area contributed by atoms with Crippen LogP contribution in [0.25, 0.3) is 10.8 Å². The summed E-state index contributed by atoms with van der Waals surface area (Å²) in [4.78, 5) is 41.3. The molecule has 0 aromatic heterocycles. The number of amides is 2. The molecule has 0 bridgehead atoms. The molecule has 2 heterocycles. The summed E-state index contributed by atoms with van der Waals surface area (Å²) in [7, 11) is 0. The molecule has 2 fully saturated rings. The van der Waals surface area contributed by atoms with Gasteiger partial charge in [-0.1, -0.05) is 55.5 Å². The predicted molar refractivity (Wildman–Crippen MR) is 142 cm³/mol. The number of para-hydroxylation sites is 1. The first kappa shape index (κ1) is 25.0. The van der Waals surface area contributed by atoms with Gasteiger partial charge in [0.15, 0.2) is 0 Å². The summed E-state index contributed by atoms with van der Waals surface area (Å²) in [6.07, 6.45) is 2.17. The zero-order valence-electron chi connectivity index (χ0n) is 21.1. The highest BCUT2D eigenvalue weighted by atomic mass is 16.5. The van der Waals surface area contributed by atoms with E-state index >= 15 is 0 Å². The highest BCUT2D eigenvalue weighted by Gasteiger charge is 2.38. The van der Waals surface area contributed by atoms with Crippen molar-refractivity contribution < 1.29 is 23.9 Å². The van der Waals surface area contributed by atoms with Gasteiger partial charge in [-0.05, 0) is 43.0 Å². The van der Waals surface area contributed by atoms with Crippen molar-refractivity contribution in [2.24, 2.45) is 11.8 Å². The Hall–Kier alpha value is -3.71. The number of fused-ring (bicyclic) bond motifs is 1. The van der Waals surface area contributed by atoms with Gasteiger partial charge in [0.1, 0.15) is 12.4 Å². The molecular weight excluding hydrogens is 468 g/mol. The Bertz CT molecular complexity index is 1300. The summed E-state index contributed by atoms with van der Waals surface area (Å²) in [5, 5.41) is 2.27. The molecule has 2 atom stereocenters. The van der Waals surface area contributed by atoms with E-state index in [0.29, 0.717) is 18.9 Å². The van der Waals surface area contributed by atoms with Gasteiger partial charge in [-0.25, -0.2) is 9.69 Å². The number of piperidine rings is 1. The van der Waals surface area contributed by atoms with Gasteiger partial charge in [-0.2, -0.15) is 0 Å². The van der Waals surface area contributed by atoms with Crippen LogP contribution in [0.2, 0.25) is 0 Å². The van der Waals surface area contributed by atoms with Gasteiger partial charge in [0.25, 0.3) is 0 Å². The van der Waals surface area contributed by atoms with Crippen LogP contribution in [0.3, 0.4) is 0 Å². The number of ether oxygens (including phenoxy) is 2. The van der Waals surface area contributed by atoms with Crippen molar-refractivity contribution in [1.82, 2.24) is 4.90 Å². The van der Waals surface area contributed by atoms with E-state index in [4.69, 9.17) is 9.47 Å². The number of hydrogen-bond acceptors (Lipinski definition) is 6. The van der Waals surface area contributed by atoms with Crippen LogP contribution in [-0.4, -0.2) is 55.5 Å². The van der Waals surface area contributed by atoms with Crippen LogP contribution >= 0.6 is 0 Å². The van der Waals surface area contributed by atoms with E-state index in [1.54, 1.807) is 31.2 Å². The zero-order chi connectivity index (χ0) is 25.8. The lowest BCUT2D eigenvalue weighted by Crippen LogP contribution is -2.39. The Morgan fingerprint density at radius 3 is 2.62 bits per heavy atom. The van der Waals surface area contributed by atoms with E-state index in [9.17, 15) is 14.4 Å². The lowest BCUT2D eigenvalue weighted by Gasteiger charge is -2.32. The molecular formula is C30H32N2O5. The summed E-state index contributed by atoms with van der Waals surface area (Å²) in [5.41, 5.74) is 0.553. The maximum absolute atomic E-state index is 13.0. The van der Waals surface area contributed by atoms with Crippen molar-refractivity contribution in [3.63, 3.8) is 0 Å². The first-order valence-corrected chi connectivity index (χ1v) is 13.0. The fraction of sp³-hybridized carbons (Fsp3) is 0.367. The summed E-state index contributed by atoms with van der Waals surface area (Å²) >= 11 is 0. The number of rotatable bonds is 8. The molecule has 3 aromatic carbocycles. The first-order valence-electron chi connectivity index (χ1n) is 13.0. The minimum Gasteiger partial charge on any atom is -0.492 e.